The molecule has 10 heavy (non-hydrogen) atoms. The molecule has 0 aromatic carbocycles. The zero-order valence-electron chi connectivity index (χ0n) is 6.18. The van der Waals surface area contributed by atoms with E-state index in [1.807, 2.05) is 6.08 Å². The standard InChI is InChI=1S/C8H14OS/c1-2-3-4-5-6-8(9)7-10/h2,10H,1,3-7H2. The van der Waals surface area contributed by atoms with Crippen molar-refractivity contribution in [1.29, 1.82) is 0 Å². The van der Waals surface area contributed by atoms with Crippen molar-refractivity contribution < 1.29 is 4.79 Å². The number of carbonyl (C=O) groups excluding carboxylic acids is 1. The lowest BCUT2D eigenvalue weighted by Gasteiger charge is -1.94. The van der Waals surface area contributed by atoms with E-state index >= 15 is 0 Å². The lowest BCUT2D eigenvalue weighted by molar-refractivity contribution is -0.116. The SMILES string of the molecule is C=CCCCCC(=O)CS. The first kappa shape index (κ1) is 9.76. The van der Waals surface area contributed by atoms with Crippen LogP contribution in [-0.4, -0.2) is 11.5 Å². The molecule has 0 aromatic rings. The summed E-state index contributed by atoms with van der Waals surface area (Å²) in [6.45, 7) is 3.60. The highest BCUT2D eigenvalue weighted by Gasteiger charge is 1.95. The third-order valence-electron chi connectivity index (χ3n) is 1.29. The second-order valence-corrected chi connectivity index (χ2v) is 2.55. The van der Waals surface area contributed by atoms with Crippen LogP contribution in [0.2, 0.25) is 0 Å². The van der Waals surface area contributed by atoms with Crippen LogP contribution < -0.4 is 0 Å². The maximum absolute atomic E-state index is 10.7. The maximum atomic E-state index is 10.7. The number of hydrogen-bond donors (Lipinski definition) is 1. The monoisotopic (exact) mass is 158 g/mol. The number of ketones is 1. The van der Waals surface area contributed by atoms with Gasteiger partial charge in [-0.15, -0.1) is 6.58 Å². The van der Waals surface area contributed by atoms with Crippen molar-refractivity contribution in [3.05, 3.63) is 12.7 Å². The lowest BCUT2D eigenvalue weighted by Crippen LogP contribution is -1.97. The van der Waals surface area contributed by atoms with E-state index < -0.39 is 0 Å². The van der Waals surface area contributed by atoms with Crippen LogP contribution in [0.3, 0.4) is 0 Å². The van der Waals surface area contributed by atoms with Gasteiger partial charge in [-0.05, 0) is 19.3 Å². The molecule has 0 amide bonds. The largest absolute Gasteiger partial charge is 0.299 e. The number of carbonyl (C=O) groups is 1. The Morgan fingerprint density at radius 2 is 2.20 bits per heavy atom. The average molecular weight is 158 g/mol. The van der Waals surface area contributed by atoms with Crippen molar-refractivity contribution in [3.8, 4) is 0 Å². The summed E-state index contributed by atoms with van der Waals surface area (Å²) in [5.41, 5.74) is 0. The van der Waals surface area contributed by atoms with Crippen LogP contribution in [0.1, 0.15) is 25.7 Å². The molecule has 0 saturated heterocycles. The van der Waals surface area contributed by atoms with E-state index in [1.54, 1.807) is 0 Å². The van der Waals surface area contributed by atoms with Gasteiger partial charge in [0.2, 0.25) is 0 Å². The molecule has 0 aromatic heterocycles. The molecule has 0 unspecified atom stereocenters. The molecule has 0 bridgehead atoms. The zero-order chi connectivity index (χ0) is 7.82. The van der Waals surface area contributed by atoms with Gasteiger partial charge >= 0.3 is 0 Å². The third-order valence-corrected chi connectivity index (χ3v) is 1.64. The van der Waals surface area contributed by atoms with Crippen molar-refractivity contribution in [2.75, 3.05) is 5.75 Å². The smallest absolute Gasteiger partial charge is 0.142 e. The van der Waals surface area contributed by atoms with Crippen LogP contribution >= 0.6 is 12.6 Å². The molecule has 0 fully saturated rings. The van der Waals surface area contributed by atoms with Gasteiger partial charge in [-0.1, -0.05) is 6.08 Å². The Morgan fingerprint density at radius 3 is 2.70 bits per heavy atom. The summed E-state index contributed by atoms with van der Waals surface area (Å²) in [6.07, 6.45) is 5.62. The van der Waals surface area contributed by atoms with Crippen molar-refractivity contribution in [2.45, 2.75) is 25.7 Å². The summed E-state index contributed by atoms with van der Waals surface area (Å²) < 4.78 is 0. The minimum atomic E-state index is 0.243. The minimum Gasteiger partial charge on any atom is -0.299 e. The average Bonchev–Trinajstić information content (AvgIpc) is 1.98. The van der Waals surface area contributed by atoms with E-state index in [0.29, 0.717) is 12.2 Å². The van der Waals surface area contributed by atoms with E-state index in [4.69, 9.17) is 0 Å². The van der Waals surface area contributed by atoms with Crippen LogP contribution in [0.5, 0.6) is 0 Å². The first-order valence-electron chi connectivity index (χ1n) is 3.54. The quantitative estimate of drug-likeness (QED) is 0.356. The topological polar surface area (TPSA) is 17.1 Å². The Bertz CT molecular complexity index is 110. The van der Waals surface area contributed by atoms with E-state index in [9.17, 15) is 4.79 Å². The van der Waals surface area contributed by atoms with Gasteiger partial charge in [-0.25, -0.2) is 0 Å². The van der Waals surface area contributed by atoms with Crippen LogP contribution in [0, 0.1) is 0 Å². The lowest BCUT2D eigenvalue weighted by atomic mass is 10.1. The highest BCUT2D eigenvalue weighted by atomic mass is 32.1. The highest BCUT2D eigenvalue weighted by Crippen LogP contribution is 2.01. The van der Waals surface area contributed by atoms with Crippen molar-refractivity contribution in [1.82, 2.24) is 0 Å². The zero-order valence-corrected chi connectivity index (χ0v) is 7.07. The summed E-state index contributed by atoms with van der Waals surface area (Å²) in [5, 5.41) is 0. The van der Waals surface area contributed by atoms with Gasteiger partial charge in [-0.2, -0.15) is 12.6 Å². The first-order chi connectivity index (χ1) is 4.81. The molecule has 0 aliphatic carbocycles. The van der Waals surface area contributed by atoms with Crippen molar-refractivity contribution in [2.24, 2.45) is 0 Å². The number of Topliss-reactive ketones (excluding diaryl/α,β-unsaturated/α-hetero) is 1. The molecular formula is C8H14OS. The van der Waals surface area contributed by atoms with Crippen molar-refractivity contribution >= 4 is 18.4 Å². The molecule has 0 rings (SSSR count). The third kappa shape index (κ3) is 5.89. The molecule has 0 aliphatic heterocycles. The number of rotatable bonds is 6. The first-order valence-corrected chi connectivity index (χ1v) is 4.18. The number of hydrogen-bond acceptors (Lipinski definition) is 2. The van der Waals surface area contributed by atoms with Gasteiger partial charge in [0.15, 0.2) is 0 Å². The predicted molar refractivity (Wildman–Crippen MR) is 47.5 cm³/mol. The Labute approximate surface area is 67.9 Å². The summed E-state index contributed by atoms with van der Waals surface area (Å²) in [7, 11) is 0. The molecule has 0 spiro atoms. The van der Waals surface area contributed by atoms with Crippen LogP contribution in [-0.2, 0) is 4.79 Å². The number of thiol groups is 1. The second kappa shape index (κ2) is 6.87. The Morgan fingerprint density at radius 1 is 1.50 bits per heavy atom. The van der Waals surface area contributed by atoms with Crippen LogP contribution in [0.25, 0.3) is 0 Å². The van der Waals surface area contributed by atoms with Gasteiger partial charge in [0, 0.05) is 12.2 Å². The fourth-order valence-corrected chi connectivity index (χ4v) is 0.848. The summed E-state index contributed by atoms with van der Waals surface area (Å²) in [5.74, 6) is 0.626. The summed E-state index contributed by atoms with van der Waals surface area (Å²) >= 11 is 3.87. The Balaban J connectivity index is 3.03. The molecule has 0 saturated carbocycles. The van der Waals surface area contributed by atoms with Crippen molar-refractivity contribution in [3.63, 3.8) is 0 Å². The fraction of sp³-hybridized carbons (Fsp3) is 0.625. The summed E-state index contributed by atoms with van der Waals surface area (Å²) in [4.78, 5) is 10.7. The fourth-order valence-electron chi connectivity index (χ4n) is 0.690. The maximum Gasteiger partial charge on any atom is 0.142 e. The molecule has 2 heteroatoms. The summed E-state index contributed by atoms with van der Waals surface area (Å²) in [6, 6.07) is 0. The van der Waals surface area contributed by atoms with E-state index in [1.165, 1.54) is 0 Å². The Hall–Kier alpha value is -0.240. The molecule has 0 atom stereocenters. The molecule has 0 N–H and O–H groups in total. The van der Waals surface area contributed by atoms with Gasteiger partial charge in [0.1, 0.15) is 5.78 Å². The van der Waals surface area contributed by atoms with E-state index in [2.05, 4.69) is 19.2 Å². The minimum absolute atomic E-state index is 0.243. The van der Waals surface area contributed by atoms with Gasteiger partial charge in [0.05, 0.1) is 0 Å². The Kier molecular flexibility index (Phi) is 6.71. The number of unbranched alkanes of at least 4 members (excludes halogenated alkanes) is 2. The predicted octanol–water partition coefficient (Wildman–Crippen LogP) is 2.23. The molecule has 1 nitrogen and oxygen atoms in total. The number of allylic oxidation sites excluding steroid dienone is 1. The molecule has 0 aliphatic rings. The van der Waals surface area contributed by atoms with Gasteiger partial charge in [0.25, 0.3) is 0 Å². The van der Waals surface area contributed by atoms with Gasteiger partial charge < -0.3 is 0 Å². The molecular weight excluding hydrogens is 144 g/mol. The van der Waals surface area contributed by atoms with Gasteiger partial charge in [-0.3, -0.25) is 4.79 Å². The van der Waals surface area contributed by atoms with E-state index in [0.717, 1.165) is 19.3 Å². The van der Waals surface area contributed by atoms with Crippen LogP contribution in [0.15, 0.2) is 12.7 Å². The van der Waals surface area contributed by atoms with Crippen LogP contribution in [0.4, 0.5) is 0 Å². The second-order valence-electron chi connectivity index (χ2n) is 2.23. The highest BCUT2D eigenvalue weighted by molar-refractivity contribution is 7.81. The normalized spacial score (nSPS) is 9.30. The molecule has 0 radical (unpaired) electrons. The molecule has 0 heterocycles. The van der Waals surface area contributed by atoms with E-state index in [-0.39, 0.29) is 5.78 Å². The molecule has 58 valence electrons.